The van der Waals surface area contributed by atoms with Crippen molar-refractivity contribution >= 4 is 67.0 Å². The Morgan fingerprint density at radius 1 is 0.829 bits per heavy atom. The van der Waals surface area contributed by atoms with Crippen molar-refractivity contribution in [1.29, 1.82) is 0 Å². The Hall–Kier alpha value is -2.84. The van der Waals surface area contributed by atoms with Gasteiger partial charge in [-0.25, -0.2) is 0 Å². The number of benzene rings is 2. The molecule has 0 heterocycles. The van der Waals surface area contributed by atoms with Crippen LogP contribution in [-0.2, 0) is 25.0 Å². The maximum absolute atomic E-state index is 12.0. The highest BCUT2D eigenvalue weighted by atomic mass is 32.2. The van der Waals surface area contributed by atoms with Gasteiger partial charge in [0, 0.05) is 23.3 Å². The van der Waals surface area contributed by atoms with Crippen molar-refractivity contribution < 1.29 is 30.7 Å². The number of hydrogen-bond donors (Lipinski definition) is 5. The standard InChI is InChI=1S/C22H27N3O7S3/c1-13(2)21(26)24-17-9-7-15(19(11-17)34(27,28)29)5-6-16-8-10-18(12-20(16)35(30,31)32)25-22(33)23-14(3)4/h5-14H,1-4H3,(H,24,26)(H2,23,25,33)(H,27,28,29)(H,30,31,32). The SMILES string of the molecule is CC(C)NC(=S)Nc1ccc(C=Cc2ccc(NC(=O)C(C)C)cc2S(=O)(=O)O)c(S(=O)(=O)O)c1. The average Bonchev–Trinajstić information content (AvgIpc) is 2.71. The van der Waals surface area contributed by atoms with Crippen LogP contribution in [0.5, 0.6) is 0 Å². The van der Waals surface area contributed by atoms with E-state index in [4.69, 9.17) is 12.2 Å². The summed E-state index contributed by atoms with van der Waals surface area (Å²) in [5.41, 5.74) is 0.547. The van der Waals surface area contributed by atoms with Crippen LogP contribution in [-0.4, -0.2) is 43.0 Å². The van der Waals surface area contributed by atoms with Crippen LogP contribution in [0.15, 0.2) is 46.2 Å². The van der Waals surface area contributed by atoms with Gasteiger partial charge in [-0.05, 0) is 61.5 Å². The molecule has 2 rings (SSSR count). The summed E-state index contributed by atoms with van der Waals surface area (Å²) >= 11 is 5.14. The van der Waals surface area contributed by atoms with Gasteiger partial charge in [0.15, 0.2) is 5.11 Å². The molecule has 0 atom stereocenters. The Morgan fingerprint density at radius 2 is 1.26 bits per heavy atom. The second-order valence-electron chi connectivity index (χ2n) is 8.19. The smallest absolute Gasteiger partial charge is 0.295 e. The van der Waals surface area contributed by atoms with Crippen molar-refractivity contribution in [3.8, 4) is 0 Å². The molecule has 10 nitrogen and oxygen atoms in total. The lowest BCUT2D eigenvalue weighted by Gasteiger charge is -2.14. The molecule has 2 aromatic carbocycles. The van der Waals surface area contributed by atoms with E-state index in [2.05, 4.69) is 16.0 Å². The Kier molecular flexibility index (Phi) is 9.14. The molecule has 0 saturated heterocycles. The Balaban J connectivity index is 2.47. The predicted octanol–water partition coefficient (Wildman–Crippen LogP) is 3.64. The summed E-state index contributed by atoms with van der Waals surface area (Å²) in [5.74, 6) is -0.695. The van der Waals surface area contributed by atoms with Gasteiger partial charge in [-0.2, -0.15) is 16.8 Å². The Bertz CT molecular complexity index is 1370. The van der Waals surface area contributed by atoms with E-state index in [1.54, 1.807) is 13.8 Å². The van der Waals surface area contributed by atoms with E-state index in [0.717, 1.165) is 6.07 Å². The molecule has 0 aliphatic heterocycles. The molecule has 0 saturated carbocycles. The summed E-state index contributed by atoms with van der Waals surface area (Å²) < 4.78 is 67.2. The number of amides is 1. The van der Waals surface area contributed by atoms with Gasteiger partial charge in [0.25, 0.3) is 20.2 Å². The molecule has 35 heavy (non-hydrogen) atoms. The van der Waals surface area contributed by atoms with E-state index in [0.29, 0.717) is 5.69 Å². The van der Waals surface area contributed by atoms with Crippen LogP contribution in [0.2, 0.25) is 0 Å². The summed E-state index contributed by atoms with van der Waals surface area (Å²) in [6, 6.07) is 8.01. The molecule has 0 fully saturated rings. The highest BCUT2D eigenvalue weighted by Gasteiger charge is 2.18. The van der Waals surface area contributed by atoms with Crippen LogP contribution < -0.4 is 16.0 Å². The zero-order valence-electron chi connectivity index (χ0n) is 19.4. The third-order valence-corrected chi connectivity index (χ3v) is 6.53. The maximum atomic E-state index is 12.0. The Morgan fingerprint density at radius 3 is 1.63 bits per heavy atom. The fraction of sp³-hybridized carbons (Fsp3) is 0.273. The van der Waals surface area contributed by atoms with E-state index >= 15 is 0 Å². The fourth-order valence-corrected chi connectivity index (χ4v) is 4.62. The first-order valence-corrected chi connectivity index (χ1v) is 13.7. The molecule has 0 radical (unpaired) electrons. The molecule has 0 aliphatic carbocycles. The first-order chi connectivity index (χ1) is 16.1. The van der Waals surface area contributed by atoms with Crippen LogP contribution >= 0.6 is 12.2 Å². The van der Waals surface area contributed by atoms with Gasteiger partial charge in [-0.15, -0.1) is 0 Å². The van der Waals surface area contributed by atoms with Gasteiger partial charge in [0.1, 0.15) is 9.79 Å². The molecular weight excluding hydrogens is 514 g/mol. The first kappa shape index (κ1) is 28.4. The van der Waals surface area contributed by atoms with Crippen LogP contribution in [0.1, 0.15) is 38.8 Å². The summed E-state index contributed by atoms with van der Waals surface area (Å²) in [4.78, 5) is 11.0. The molecule has 0 unspecified atom stereocenters. The van der Waals surface area contributed by atoms with Crippen LogP contribution in [0.4, 0.5) is 11.4 Å². The lowest BCUT2D eigenvalue weighted by Crippen LogP contribution is -2.33. The third-order valence-electron chi connectivity index (χ3n) is 4.49. The van der Waals surface area contributed by atoms with Gasteiger partial charge in [-0.1, -0.05) is 38.1 Å². The van der Waals surface area contributed by atoms with Crippen LogP contribution in [0.25, 0.3) is 12.2 Å². The Labute approximate surface area is 210 Å². The predicted molar refractivity (Wildman–Crippen MR) is 139 cm³/mol. The van der Waals surface area contributed by atoms with Gasteiger partial charge in [0.05, 0.1) is 0 Å². The average molecular weight is 542 g/mol. The van der Waals surface area contributed by atoms with E-state index < -0.39 is 30.0 Å². The second kappa shape index (κ2) is 11.3. The van der Waals surface area contributed by atoms with E-state index in [1.165, 1.54) is 42.5 Å². The topological polar surface area (TPSA) is 162 Å². The molecule has 0 aliphatic rings. The highest BCUT2D eigenvalue weighted by Crippen LogP contribution is 2.26. The summed E-state index contributed by atoms with van der Waals surface area (Å²) in [6.07, 6.45) is 2.53. The maximum Gasteiger partial charge on any atom is 0.295 e. The lowest BCUT2D eigenvalue weighted by atomic mass is 10.1. The summed E-state index contributed by atoms with van der Waals surface area (Å²) in [6.45, 7) is 7.07. The minimum atomic E-state index is -4.69. The molecule has 1 amide bonds. The summed E-state index contributed by atoms with van der Waals surface area (Å²) in [5, 5.41) is 8.56. The van der Waals surface area contributed by atoms with Crippen LogP contribution in [0.3, 0.4) is 0 Å². The number of anilines is 2. The quantitative estimate of drug-likeness (QED) is 0.189. The van der Waals surface area contributed by atoms with Crippen molar-refractivity contribution in [3.63, 3.8) is 0 Å². The largest absolute Gasteiger partial charge is 0.360 e. The van der Waals surface area contributed by atoms with Gasteiger partial charge >= 0.3 is 0 Å². The van der Waals surface area contributed by atoms with Crippen molar-refractivity contribution in [3.05, 3.63) is 47.5 Å². The van der Waals surface area contributed by atoms with Crippen molar-refractivity contribution in [2.75, 3.05) is 10.6 Å². The zero-order chi connectivity index (χ0) is 26.6. The minimum Gasteiger partial charge on any atom is -0.360 e. The van der Waals surface area contributed by atoms with Crippen LogP contribution in [0, 0.1) is 5.92 Å². The number of carbonyl (C=O) groups is 1. The number of rotatable bonds is 8. The van der Waals surface area contributed by atoms with E-state index in [1.807, 2.05) is 13.8 Å². The van der Waals surface area contributed by atoms with Crippen molar-refractivity contribution in [2.45, 2.75) is 43.5 Å². The zero-order valence-corrected chi connectivity index (χ0v) is 21.9. The molecule has 2 aromatic rings. The molecule has 5 N–H and O–H groups in total. The number of carbonyl (C=O) groups excluding carboxylic acids is 1. The fourth-order valence-electron chi connectivity index (χ4n) is 2.84. The van der Waals surface area contributed by atoms with Gasteiger partial charge < -0.3 is 16.0 Å². The number of thiocarbonyl (C=S) groups is 1. The molecule has 190 valence electrons. The first-order valence-electron chi connectivity index (χ1n) is 10.4. The molecule has 0 spiro atoms. The van der Waals surface area contributed by atoms with Crippen molar-refractivity contribution in [1.82, 2.24) is 5.32 Å². The van der Waals surface area contributed by atoms with Crippen molar-refractivity contribution in [2.24, 2.45) is 5.92 Å². The molecule has 0 bridgehead atoms. The summed E-state index contributed by atoms with van der Waals surface area (Å²) in [7, 11) is -9.34. The highest BCUT2D eigenvalue weighted by molar-refractivity contribution is 7.86. The number of nitrogens with one attached hydrogen (secondary N) is 3. The lowest BCUT2D eigenvalue weighted by molar-refractivity contribution is -0.118. The second-order valence-corrected chi connectivity index (χ2v) is 11.4. The van der Waals surface area contributed by atoms with E-state index in [9.17, 15) is 30.7 Å². The third kappa shape index (κ3) is 8.40. The monoisotopic (exact) mass is 541 g/mol. The van der Waals surface area contributed by atoms with E-state index in [-0.39, 0.29) is 39.8 Å². The molecule has 13 heteroatoms. The normalized spacial score (nSPS) is 12.2. The van der Waals surface area contributed by atoms with Gasteiger partial charge in [-0.3, -0.25) is 13.9 Å². The number of hydrogen-bond acceptors (Lipinski definition) is 6. The minimum absolute atomic E-state index is 0.0286. The molecule has 0 aromatic heterocycles. The van der Waals surface area contributed by atoms with Gasteiger partial charge in [0.2, 0.25) is 5.91 Å². The molecular formula is C22H27N3O7S3.